The lowest BCUT2D eigenvalue weighted by molar-refractivity contribution is -0.644. The van der Waals surface area contributed by atoms with Crippen LogP contribution >= 0.6 is 0 Å². The van der Waals surface area contributed by atoms with Gasteiger partial charge in [-0.05, 0) is 36.4 Å². The molecular weight excluding hydrogens is 426 g/mol. The van der Waals surface area contributed by atoms with Gasteiger partial charge in [-0.3, -0.25) is 9.98 Å². The zero-order valence-corrected chi connectivity index (χ0v) is 18.7. The SMILES string of the molecule is C[n+]1cc(N=C([O-])c2cccc(C([O-])=Nc3cc4ccccc4[n+](C)c3)n2)cc2ccccc21. The summed E-state index contributed by atoms with van der Waals surface area (Å²) in [5.74, 6) is -1.05. The topological polar surface area (TPSA) is 91.5 Å². The number of aromatic nitrogens is 3. The molecule has 0 atom stereocenters. The Balaban J connectivity index is 1.47. The number of para-hydroxylation sites is 2. The quantitative estimate of drug-likeness (QED) is 0.239. The van der Waals surface area contributed by atoms with Crippen LogP contribution in [-0.4, -0.2) is 16.8 Å². The minimum Gasteiger partial charge on any atom is -0.857 e. The molecule has 34 heavy (non-hydrogen) atoms. The summed E-state index contributed by atoms with van der Waals surface area (Å²) in [5, 5.41) is 27.5. The van der Waals surface area contributed by atoms with Crippen LogP contribution in [0, 0.1) is 0 Å². The van der Waals surface area contributed by atoms with Gasteiger partial charge < -0.3 is 10.2 Å². The molecule has 5 rings (SSSR count). The summed E-state index contributed by atoms with van der Waals surface area (Å²) in [6.45, 7) is 0. The van der Waals surface area contributed by atoms with Gasteiger partial charge in [0.25, 0.3) is 0 Å². The van der Waals surface area contributed by atoms with E-state index >= 15 is 0 Å². The molecule has 166 valence electrons. The molecule has 5 aromatic rings. The molecule has 0 amide bonds. The molecule has 0 radical (unpaired) electrons. The van der Waals surface area contributed by atoms with Crippen molar-refractivity contribution in [3.8, 4) is 0 Å². The number of aliphatic imine (C=N–C) groups is 2. The Bertz CT molecular complexity index is 1490. The van der Waals surface area contributed by atoms with Crippen LogP contribution in [0.3, 0.4) is 0 Å². The van der Waals surface area contributed by atoms with Crippen LogP contribution < -0.4 is 19.3 Å². The minimum atomic E-state index is -0.526. The van der Waals surface area contributed by atoms with Crippen LogP contribution in [0.15, 0.2) is 101 Å². The summed E-state index contributed by atoms with van der Waals surface area (Å²) in [5.41, 5.74) is 3.25. The average Bonchev–Trinajstić information content (AvgIpc) is 2.84. The summed E-state index contributed by atoms with van der Waals surface area (Å²) in [6, 6.07) is 24.1. The molecule has 0 unspecified atom stereocenters. The van der Waals surface area contributed by atoms with E-state index in [-0.39, 0.29) is 11.4 Å². The molecule has 0 aliphatic rings. The third kappa shape index (κ3) is 4.19. The molecule has 2 aromatic carbocycles. The molecule has 0 aliphatic heterocycles. The van der Waals surface area contributed by atoms with Crippen molar-refractivity contribution in [2.24, 2.45) is 24.1 Å². The zero-order valence-electron chi connectivity index (χ0n) is 18.7. The summed E-state index contributed by atoms with van der Waals surface area (Å²) in [7, 11) is 3.80. The number of hydrogen-bond donors (Lipinski definition) is 0. The molecule has 0 fully saturated rings. The smallest absolute Gasteiger partial charge is 0.212 e. The van der Waals surface area contributed by atoms with Crippen LogP contribution in [0.5, 0.6) is 0 Å². The van der Waals surface area contributed by atoms with E-state index in [0.717, 1.165) is 21.8 Å². The first-order valence-corrected chi connectivity index (χ1v) is 10.7. The fourth-order valence-electron chi connectivity index (χ4n) is 3.93. The van der Waals surface area contributed by atoms with E-state index in [1.807, 2.05) is 83.9 Å². The largest absolute Gasteiger partial charge is 0.857 e. The normalized spacial score (nSPS) is 12.4. The highest BCUT2D eigenvalue weighted by atomic mass is 16.3. The monoisotopic (exact) mass is 447 g/mol. The van der Waals surface area contributed by atoms with E-state index in [1.165, 1.54) is 0 Å². The second-order valence-electron chi connectivity index (χ2n) is 7.98. The van der Waals surface area contributed by atoms with E-state index < -0.39 is 11.8 Å². The van der Waals surface area contributed by atoms with Gasteiger partial charge in [-0.25, -0.2) is 4.98 Å². The third-order valence-electron chi connectivity index (χ3n) is 5.54. The summed E-state index contributed by atoms with van der Waals surface area (Å²) in [4.78, 5) is 12.6. The molecule has 0 bridgehead atoms. The van der Waals surface area contributed by atoms with Gasteiger partial charge in [0, 0.05) is 34.7 Å². The number of fused-ring (bicyclic) bond motifs is 2. The Labute approximate surface area is 196 Å². The van der Waals surface area contributed by atoms with E-state index in [9.17, 15) is 10.2 Å². The predicted octanol–water partition coefficient (Wildman–Crippen LogP) is 1.91. The van der Waals surface area contributed by atoms with Crippen molar-refractivity contribution >= 4 is 45.0 Å². The van der Waals surface area contributed by atoms with E-state index in [1.54, 1.807) is 30.6 Å². The van der Waals surface area contributed by atoms with Crippen molar-refractivity contribution in [3.63, 3.8) is 0 Å². The fraction of sp³-hybridized carbons (Fsp3) is 0.0741. The highest BCUT2D eigenvalue weighted by Gasteiger charge is 2.08. The second kappa shape index (κ2) is 8.71. The molecule has 7 nitrogen and oxygen atoms in total. The Hall–Kier alpha value is -4.65. The maximum absolute atomic E-state index is 12.8. The number of pyridine rings is 3. The number of rotatable bonds is 4. The second-order valence-corrected chi connectivity index (χ2v) is 7.98. The Morgan fingerprint density at radius 3 is 1.56 bits per heavy atom. The van der Waals surface area contributed by atoms with Crippen molar-refractivity contribution in [1.82, 2.24) is 4.98 Å². The van der Waals surface area contributed by atoms with Crippen molar-refractivity contribution in [1.29, 1.82) is 0 Å². The minimum absolute atomic E-state index is 0.0842. The maximum Gasteiger partial charge on any atom is 0.212 e. The first-order valence-electron chi connectivity index (χ1n) is 10.7. The standard InChI is InChI=1S/C27H21N5O2/c1-31-16-20(14-18-8-3-5-12-24(18)31)28-26(33)22-10-7-11-23(30-22)27(34)29-21-15-19-9-4-6-13-25(19)32(2)17-21/h3-17H,1-2H3. The lowest BCUT2D eigenvalue weighted by Gasteiger charge is -2.14. The van der Waals surface area contributed by atoms with Gasteiger partial charge in [0.05, 0.1) is 11.4 Å². The predicted molar refractivity (Wildman–Crippen MR) is 127 cm³/mol. The van der Waals surface area contributed by atoms with Gasteiger partial charge in [0.15, 0.2) is 12.4 Å². The molecule has 3 aromatic heterocycles. The average molecular weight is 447 g/mol. The van der Waals surface area contributed by atoms with Crippen LogP contribution in [0.25, 0.3) is 21.8 Å². The summed E-state index contributed by atoms with van der Waals surface area (Å²) in [6.07, 6.45) is 3.56. The molecular formula is C27H21N5O2. The molecule has 0 saturated heterocycles. The molecule has 0 saturated carbocycles. The van der Waals surface area contributed by atoms with Crippen LogP contribution in [-0.2, 0) is 14.1 Å². The van der Waals surface area contributed by atoms with Gasteiger partial charge in [0.1, 0.15) is 25.5 Å². The molecule has 0 N–H and O–H groups in total. The highest BCUT2D eigenvalue weighted by Crippen LogP contribution is 2.19. The van der Waals surface area contributed by atoms with Crippen LogP contribution in [0.4, 0.5) is 11.4 Å². The first-order chi connectivity index (χ1) is 16.5. The van der Waals surface area contributed by atoms with Gasteiger partial charge in [-0.15, -0.1) is 0 Å². The summed E-state index contributed by atoms with van der Waals surface area (Å²) < 4.78 is 3.83. The third-order valence-corrected chi connectivity index (χ3v) is 5.54. The van der Waals surface area contributed by atoms with Gasteiger partial charge in [0.2, 0.25) is 11.0 Å². The van der Waals surface area contributed by atoms with Crippen LogP contribution in [0.2, 0.25) is 0 Å². The Morgan fingerprint density at radius 1 is 0.647 bits per heavy atom. The van der Waals surface area contributed by atoms with E-state index in [4.69, 9.17) is 0 Å². The number of hydrogen-bond acceptors (Lipinski definition) is 5. The molecule has 0 aliphatic carbocycles. The fourth-order valence-corrected chi connectivity index (χ4v) is 3.93. The summed E-state index contributed by atoms with van der Waals surface area (Å²) >= 11 is 0. The Morgan fingerprint density at radius 2 is 1.09 bits per heavy atom. The van der Waals surface area contributed by atoms with Crippen molar-refractivity contribution < 1.29 is 19.3 Å². The zero-order chi connectivity index (χ0) is 23.7. The van der Waals surface area contributed by atoms with Crippen LogP contribution in [0.1, 0.15) is 11.4 Å². The van der Waals surface area contributed by atoms with E-state index in [2.05, 4.69) is 15.0 Å². The molecule has 0 spiro atoms. The van der Waals surface area contributed by atoms with Gasteiger partial charge in [-0.2, -0.15) is 9.13 Å². The number of benzene rings is 2. The van der Waals surface area contributed by atoms with Crippen molar-refractivity contribution in [3.05, 3.63) is 103 Å². The molecule has 7 heteroatoms. The van der Waals surface area contributed by atoms with E-state index in [0.29, 0.717) is 11.4 Å². The lowest BCUT2D eigenvalue weighted by atomic mass is 10.2. The van der Waals surface area contributed by atoms with Crippen molar-refractivity contribution in [2.45, 2.75) is 0 Å². The van der Waals surface area contributed by atoms with Crippen molar-refractivity contribution in [2.75, 3.05) is 0 Å². The maximum atomic E-state index is 12.8. The number of nitrogens with zero attached hydrogens (tertiary/aromatic N) is 5. The van der Waals surface area contributed by atoms with Gasteiger partial charge >= 0.3 is 0 Å². The lowest BCUT2D eigenvalue weighted by Crippen LogP contribution is -2.28. The van der Waals surface area contributed by atoms with Gasteiger partial charge in [-0.1, -0.05) is 30.3 Å². The Kier molecular flexibility index (Phi) is 5.43. The highest BCUT2D eigenvalue weighted by molar-refractivity contribution is 5.95. The molecule has 3 heterocycles. The first kappa shape index (κ1) is 21.2. The number of aryl methyl sites for hydroxylation is 2.